The largest absolute Gasteiger partial charge is 0.507 e. The van der Waals surface area contributed by atoms with Gasteiger partial charge in [0.25, 0.3) is 11.7 Å². The van der Waals surface area contributed by atoms with E-state index in [0.717, 1.165) is 16.0 Å². The van der Waals surface area contributed by atoms with Gasteiger partial charge in [0.05, 0.1) is 18.2 Å². The van der Waals surface area contributed by atoms with Crippen molar-refractivity contribution in [2.45, 2.75) is 19.6 Å². The quantitative estimate of drug-likeness (QED) is 0.298. The van der Waals surface area contributed by atoms with Gasteiger partial charge in [0.15, 0.2) is 0 Å². The van der Waals surface area contributed by atoms with Crippen molar-refractivity contribution in [2.75, 3.05) is 20.3 Å². The number of aliphatic hydroxyl groups is 1. The molecule has 0 aliphatic carbocycles. The van der Waals surface area contributed by atoms with Crippen molar-refractivity contribution in [3.05, 3.63) is 93.2 Å². The summed E-state index contributed by atoms with van der Waals surface area (Å²) in [6, 6.07) is 18.2. The lowest BCUT2D eigenvalue weighted by atomic mass is 9.97. The summed E-state index contributed by atoms with van der Waals surface area (Å²) in [5, 5.41) is 13.1. The Kier molecular flexibility index (Phi) is 6.91. The van der Waals surface area contributed by atoms with Crippen LogP contribution in [0.3, 0.4) is 0 Å². The molecule has 0 saturated carbocycles. The molecule has 1 saturated heterocycles. The van der Waals surface area contributed by atoms with Gasteiger partial charge in [0.2, 0.25) is 0 Å². The summed E-state index contributed by atoms with van der Waals surface area (Å²) in [6.07, 6.45) is 0. The molecule has 2 heterocycles. The number of amides is 1. The summed E-state index contributed by atoms with van der Waals surface area (Å²) in [5.41, 5.74) is 2.38. The highest BCUT2D eigenvalue weighted by Crippen LogP contribution is 2.41. The van der Waals surface area contributed by atoms with Crippen molar-refractivity contribution >= 4 is 28.8 Å². The van der Waals surface area contributed by atoms with E-state index in [-0.39, 0.29) is 17.9 Å². The van der Waals surface area contributed by atoms with Gasteiger partial charge in [-0.2, -0.15) is 0 Å². The van der Waals surface area contributed by atoms with Crippen LogP contribution in [0.1, 0.15) is 27.6 Å². The average Bonchev–Trinajstić information content (AvgIpc) is 3.44. The lowest BCUT2D eigenvalue weighted by molar-refractivity contribution is -0.140. The summed E-state index contributed by atoms with van der Waals surface area (Å²) < 4.78 is 11.0. The topological polar surface area (TPSA) is 76.1 Å². The molecule has 4 rings (SSSR count). The normalized spacial score (nSPS) is 17.5. The molecule has 1 aromatic heterocycles. The minimum Gasteiger partial charge on any atom is -0.507 e. The lowest BCUT2D eigenvalue weighted by Crippen LogP contribution is -2.32. The van der Waals surface area contributed by atoms with Crippen molar-refractivity contribution in [1.29, 1.82) is 0 Å². The zero-order valence-corrected chi connectivity index (χ0v) is 19.3. The van der Waals surface area contributed by atoms with E-state index in [9.17, 15) is 14.7 Å². The van der Waals surface area contributed by atoms with Gasteiger partial charge in [-0.25, -0.2) is 0 Å². The van der Waals surface area contributed by atoms with Crippen LogP contribution in [0.2, 0.25) is 0 Å². The minimum atomic E-state index is -0.689. The van der Waals surface area contributed by atoms with Crippen LogP contribution in [0, 0.1) is 6.92 Å². The molecule has 2 aromatic carbocycles. The number of ketones is 1. The fourth-order valence-corrected chi connectivity index (χ4v) is 4.77. The second-order valence-electron chi connectivity index (χ2n) is 7.75. The van der Waals surface area contributed by atoms with Gasteiger partial charge in [0.1, 0.15) is 18.1 Å². The second kappa shape index (κ2) is 10.0. The average molecular weight is 464 g/mol. The fraction of sp³-hybridized carbons (Fsp3) is 0.231. The summed E-state index contributed by atoms with van der Waals surface area (Å²) in [7, 11) is 1.54. The number of thiophene rings is 1. The Hall–Kier alpha value is -3.42. The fourth-order valence-electron chi connectivity index (χ4n) is 3.92. The van der Waals surface area contributed by atoms with Crippen LogP contribution < -0.4 is 4.74 Å². The third kappa shape index (κ3) is 4.69. The van der Waals surface area contributed by atoms with Crippen LogP contribution in [0.5, 0.6) is 5.75 Å². The zero-order chi connectivity index (χ0) is 23.4. The van der Waals surface area contributed by atoms with Crippen LogP contribution in [0.25, 0.3) is 5.76 Å². The third-order valence-corrected chi connectivity index (χ3v) is 6.52. The number of rotatable bonds is 8. The Morgan fingerprint density at radius 3 is 2.55 bits per heavy atom. The Labute approximate surface area is 196 Å². The van der Waals surface area contributed by atoms with Gasteiger partial charge in [-0.05, 0) is 47.7 Å². The van der Waals surface area contributed by atoms with Crippen LogP contribution in [-0.2, 0) is 20.9 Å². The summed E-state index contributed by atoms with van der Waals surface area (Å²) in [4.78, 5) is 28.0. The first-order valence-electron chi connectivity index (χ1n) is 10.6. The molecule has 1 unspecified atom stereocenters. The number of nitrogens with zero attached hydrogens (tertiary/aromatic N) is 1. The molecule has 6 nitrogen and oxygen atoms in total. The standard InChI is InChI=1S/C26H25NO5S/c1-17-15-19(32-16-18-7-4-3-5-8-18)10-11-20(17)24(28)22-23(21-9-6-14-33-21)27(12-13-31-2)26(30)25(22)29/h3-11,14-15,23,28H,12-13,16H2,1-2H3. The van der Waals surface area contributed by atoms with Crippen LogP contribution in [0.15, 0.2) is 71.6 Å². The molecule has 1 N–H and O–H groups in total. The van der Waals surface area contributed by atoms with Crippen molar-refractivity contribution in [1.82, 2.24) is 4.90 Å². The van der Waals surface area contributed by atoms with Crippen molar-refractivity contribution < 1.29 is 24.2 Å². The van der Waals surface area contributed by atoms with E-state index in [1.165, 1.54) is 16.2 Å². The number of benzene rings is 2. The zero-order valence-electron chi connectivity index (χ0n) is 18.5. The summed E-state index contributed by atoms with van der Waals surface area (Å²) in [6.45, 7) is 2.81. The molecule has 7 heteroatoms. The molecule has 170 valence electrons. The Balaban J connectivity index is 1.66. The predicted molar refractivity (Wildman–Crippen MR) is 127 cm³/mol. The molecule has 1 amide bonds. The number of aliphatic hydroxyl groups excluding tert-OH is 1. The van der Waals surface area contributed by atoms with Crippen LogP contribution >= 0.6 is 11.3 Å². The van der Waals surface area contributed by atoms with E-state index >= 15 is 0 Å². The third-order valence-electron chi connectivity index (χ3n) is 5.59. The molecule has 0 bridgehead atoms. The van der Waals surface area contributed by atoms with Crippen LogP contribution in [-0.4, -0.2) is 42.0 Å². The summed E-state index contributed by atoms with van der Waals surface area (Å²) >= 11 is 1.44. The van der Waals surface area contributed by atoms with Gasteiger partial charge in [0, 0.05) is 24.1 Å². The molecule has 0 radical (unpaired) electrons. The number of carbonyl (C=O) groups is 2. The van der Waals surface area contributed by atoms with Crippen molar-refractivity contribution in [3.63, 3.8) is 0 Å². The van der Waals surface area contributed by atoms with Gasteiger partial charge >= 0.3 is 0 Å². The predicted octanol–water partition coefficient (Wildman–Crippen LogP) is 4.70. The number of aryl methyl sites for hydroxylation is 1. The number of likely N-dealkylation sites (tertiary alicyclic amines) is 1. The number of ether oxygens (including phenoxy) is 2. The van der Waals surface area contributed by atoms with E-state index in [1.807, 2.05) is 60.8 Å². The van der Waals surface area contributed by atoms with E-state index in [0.29, 0.717) is 24.5 Å². The van der Waals surface area contributed by atoms with Gasteiger partial charge in [-0.15, -0.1) is 11.3 Å². The van der Waals surface area contributed by atoms with E-state index in [4.69, 9.17) is 9.47 Å². The second-order valence-corrected chi connectivity index (χ2v) is 8.73. The molecule has 1 aliphatic rings. The van der Waals surface area contributed by atoms with E-state index < -0.39 is 17.7 Å². The number of carbonyl (C=O) groups excluding carboxylic acids is 2. The molecule has 1 fully saturated rings. The minimum absolute atomic E-state index is 0.0969. The first-order valence-corrected chi connectivity index (χ1v) is 11.5. The molecule has 1 atom stereocenters. The number of hydrogen-bond acceptors (Lipinski definition) is 6. The number of hydrogen-bond donors (Lipinski definition) is 1. The maximum Gasteiger partial charge on any atom is 0.295 e. The molecular formula is C26H25NO5S. The summed E-state index contributed by atoms with van der Waals surface area (Å²) in [5.74, 6) is -0.847. The maximum atomic E-state index is 13.0. The Morgan fingerprint density at radius 1 is 1.09 bits per heavy atom. The highest BCUT2D eigenvalue weighted by atomic mass is 32.1. The van der Waals surface area contributed by atoms with Crippen molar-refractivity contribution in [3.8, 4) is 5.75 Å². The molecule has 3 aromatic rings. The lowest BCUT2D eigenvalue weighted by Gasteiger charge is -2.23. The highest BCUT2D eigenvalue weighted by molar-refractivity contribution is 7.10. The van der Waals surface area contributed by atoms with E-state index in [1.54, 1.807) is 19.2 Å². The number of methoxy groups -OCH3 is 1. The van der Waals surface area contributed by atoms with Gasteiger partial charge in [-0.1, -0.05) is 36.4 Å². The molecule has 1 aliphatic heterocycles. The van der Waals surface area contributed by atoms with E-state index in [2.05, 4.69) is 0 Å². The van der Waals surface area contributed by atoms with Crippen LogP contribution in [0.4, 0.5) is 0 Å². The Morgan fingerprint density at radius 2 is 1.88 bits per heavy atom. The molecule has 0 spiro atoms. The van der Waals surface area contributed by atoms with Crippen molar-refractivity contribution in [2.24, 2.45) is 0 Å². The smallest absolute Gasteiger partial charge is 0.295 e. The highest BCUT2D eigenvalue weighted by Gasteiger charge is 2.46. The monoisotopic (exact) mass is 463 g/mol. The Bertz CT molecular complexity index is 1170. The molecule has 33 heavy (non-hydrogen) atoms. The number of Topliss-reactive ketones (excluding diaryl/α,β-unsaturated/α-hetero) is 1. The van der Waals surface area contributed by atoms with Gasteiger partial charge < -0.3 is 19.5 Å². The SMILES string of the molecule is COCCN1C(=O)C(=O)C(=C(O)c2ccc(OCc3ccccc3)cc2C)C1c1cccs1. The first kappa shape index (κ1) is 22.8. The molecular weight excluding hydrogens is 438 g/mol. The maximum absolute atomic E-state index is 13.0. The first-order chi connectivity index (χ1) is 16.0. The van der Waals surface area contributed by atoms with Gasteiger partial charge in [-0.3, -0.25) is 9.59 Å².